The lowest BCUT2D eigenvalue weighted by molar-refractivity contribution is 0.264. The molecule has 0 aromatic carbocycles. The van der Waals surface area contributed by atoms with Crippen LogP contribution in [0.3, 0.4) is 0 Å². The first kappa shape index (κ1) is 12.4. The van der Waals surface area contributed by atoms with Gasteiger partial charge in [0.05, 0.1) is 5.69 Å². The molecule has 94 valence electrons. The van der Waals surface area contributed by atoms with Crippen LogP contribution in [0, 0.1) is 18.8 Å². The van der Waals surface area contributed by atoms with Gasteiger partial charge < -0.3 is 5.32 Å². The van der Waals surface area contributed by atoms with Crippen LogP contribution in [-0.4, -0.2) is 11.0 Å². The molecular weight excluding hydrogens is 208 g/mol. The Kier molecular flexibility index (Phi) is 4.03. The summed E-state index contributed by atoms with van der Waals surface area (Å²) in [5, 5.41) is 3.64. The maximum atomic E-state index is 4.24. The Morgan fingerprint density at radius 1 is 1.29 bits per heavy atom. The number of nitrogens with one attached hydrogen (secondary N) is 1. The van der Waals surface area contributed by atoms with Crippen molar-refractivity contribution < 1.29 is 0 Å². The molecule has 0 aliphatic heterocycles. The predicted molar refractivity (Wildman–Crippen MR) is 73.2 cm³/mol. The van der Waals surface area contributed by atoms with Gasteiger partial charge in [0.25, 0.3) is 0 Å². The number of aromatic nitrogens is 1. The Bertz CT molecular complexity index is 360. The van der Waals surface area contributed by atoms with Crippen molar-refractivity contribution in [2.45, 2.75) is 52.5 Å². The van der Waals surface area contributed by atoms with E-state index in [0.29, 0.717) is 6.04 Å². The molecule has 2 rings (SSSR count). The standard InChI is InChI=1S/C15H24N2/c1-11(2)13-5-4-6-14(8-13)17-15-7-12(3)9-16-10-15/h7,9-11,13-14,17H,4-6,8H2,1-3H3. The highest BCUT2D eigenvalue weighted by Crippen LogP contribution is 2.31. The van der Waals surface area contributed by atoms with Crippen LogP contribution in [0.4, 0.5) is 5.69 Å². The smallest absolute Gasteiger partial charge is 0.0531 e. The van der Waals surface area contributed by atoms with Gasteiger partial charge >= 0.3 is 0 Å². The van der Waals surface area contributed by atoms with E-state index in [1.165, 1.54) is 36.9 Å². The van der Waals surface area contributed by atoms with Crippen molar-refractivity contribution in [2.24, 2.45) is 11.8 Å². The number of anilines is 1. The lowest BCUT2D eigenvalue weighted by atomic mass is 9.79. The van der Waals surface area contributed by atoms with E-state index in [0.717, 1.165) is 11.8 Å². The van der Waals surface area contributed by atoms with E-state index in [2.05, 4.69) is 37.1 Å². The average molecular weight is 232 g/mol. The van der Waals surface area contributed by atoms with E-state index in [1.54, 1.807) is 0 Å². The molecule has 1 aliphatic carbocycles. The van der Waals surface area contributed by atoms with E-state index in [4.69, 9.17) is 0 Å². The molecule has 1 aromatic rings. The van der Waals surface area contributed by atoms with Crippen LogP contribution in [0.25, 0.3) is 0 Å². The SMILES string of the molecule is Cc1cncc(NC2CCCC(C(C)C)C2)c1. The van der Waals surface area contributed by atoms with Crippen molar-refractivity contribution in [1.82, 2.24) is 4.98 Å². The van der Waals surface area contributed by atoms with Crippen molar-refractivity contribution in [3.63, 3.8) is 0 Å². The van der Waals surface area contributed by atoms with E-state index in [1.807, 2.05) is 12.4 Å². The molecule has 2 unspecified atom stereocenters. The van der Waals surface area contributed by atoms with Crippen LogP contribution in [0.2, 0.25) is 0 Å². The monoisotopic (exact) mass is 232 g/mol. The van der Waals surface area contributed by atoms with E-state index in [9.17, 15) is 0 Å². The maximum absolute atomic E-state index is 4.24. The summed E-state index contributed by atoms with van der Waals surface area (Å²) in [4.78, 5) is 4.24. The predicted octanol–water partition coefficient (Wildman–Crippen LogP) is 4.02. The molecule has 1 N–H and O–H groups in total. The molecule has 0 saturated heterocycles. The van der Waals surface area contributed by atoms with Gasteiger partial charge in [-0.1, -0.05) is 26.7 Å². The van der Waals surface area contributed by atoms with E-state index >= 15 is 0 Å². The minimum atomic E-state index is 0.639. The fraction of sp³-hybridized carbons (Fsp3) is 0.667. The van der Waals surface area contributed by atoms with Crippen molar-refractivity contribution in [1.29, 1.82) is 0 Å². The van der Waals surface area contributed by atoms with Gasteiger partial charge in [-0.25, -0.2) is 0 Å². The van der Waals surface area contributed by atoms with Crippen LogP contribution in [-0.2, 0) is 0 Å². The Balaban J connectivity index is 1.94. The molecule has 2 nitrogen and oxygen atoms in total. The van der Waals surface area contributed by atoms with Crippen LogP contribution >= 0.6 is 0 Å². The third-order valence-corrected chi connectivity index (χ3v) is 3.90. The molecule has 0 spiro atoms. The summed E-state index contributed by atoms with van der Waals surface area (Å²) in [7, 11) is 0. The van der Waals surface area contributed by atoms with Gasteiger partial charge in [0, 0.05) is 18.4 Å². The van der Waals surface area contributed by atoms with E-state index < -0.39 is 0 Å². The fourth-order valence-corrected chi connectivity index (χ4v) is 2.83. The first-order chi connectivity index (χ1) is 8.15. The van der Waals surface area contributed by atoms with Crippen molar-refractivity contribution in [2.75, 3.05) is 5.32 Å². The number of rotatable bonds is 3. The molecule has 2 heteroatoms. The highest BCUT2D eigenvalue weighted by molar-refractivity contribution is 5.43. The van der Waals surface area contributed by atoms with Gasteiger partial charge in [-0.3, -0.25) is 4.98 Å². The quantitative estimate of drug-likeness (QED) is 0.851. The molecule has 0 amide bonds. The van der Waals surface area contributed by atoms with Gasteiger partial charge in [0.15, 0.2) is 0 Å². The molecule has 1 saturated carbocycles. The zero-order valence-electron chi connectivity index (χ0n) is 11.2. The van der Waals surface area contributed by atoms with Crippen LogP contribution < -0.4 is 5.32 Å². The lowest BCUT2D eigenvalue weighted by Crippen LogP contribution is -2.29. The second-order valence-electron chi connectivity index (χ2n) is 5.76. The normalized spacial score (nSPS) is 24.9. The summed E-state index contributed by atoms with van der Waals surface area (Å²) in [6.45, 7) is 6.79. The van der Waals surface area contributed by atoms with Crippen LogP contribution in [0.15, 0.2) is 18.5 Å². The second-order valence-corrected chi connectivity index (χ2v) is 5.76. The molecule has 17 heavy (non-hydrogen) atoms. The summed E-state index contributed by atoms with van der Waals surface area (Å²) < 4.78 is 0. The summed E-state index contributed by atoms with van der Waals surface area (Å²) in [5.41, 5.74) is 2.41. The first-order valence-electron chi connectivity index (χ1n) is 6.83. The summed E-state index contributed by atoms with van der Waals surface area (Å²) in [6.07, 6.45) is 9.22. The van der Waals surface area contributed by atoms with Crippen molar-refractivity contribution in [3.05, 3.63) is 24.0 Å². The molecule has 1 heterocycles. The number of nitrogens with zero attached hydrogens (tertiary/aromatic N) is 1. The number of aryl methyl sites for hydroxylation is 1. The van der Waals surface area contributed by atoms with Gasteiger partial charge in [-0.2, -0.15) is 0 Å². The third kappa shape index (κ3) is 3.45. The topological polar surface area (TPSA) is 24.9 Å². The van der Waals surface area contributed by atoms with Crippen LogP contribution in [0.5, 0.6) is 0 Å². The van der Waals surface area contributed by atoms with Gasteiger partial charge in [-0.05, 0) is 43.2 Å². The molecule has 2 atom stereocenters. The van der Waals surface area contributed by atoms with Gasteiger partial charge in [-0.15, -0.1) is 0 Å². The van der Waals surface area contributed by atoms with Gasteiger partial charge in [0.2, 0.25) is 0 Å². The second kappa shape index (κ2) is 5.52. The highest BCUT2D eigenvalue weighted by Gasteiger charge is 2.23. The lowest BCUT2D eigenvalue weighted by Gasteiger charge is -2.32. The Morgan fingerprint density at radius 2 is 2.12 bits per heavy atom. The molecule has 1 aromatic heterocycles. The van der Waals surface area contributed by atoms with Crippen LogP contribution in [0.1, 0.15) is 45.1 Å². The van der Waals surface area contributed by atoms with Crippen molar-refractivity contribution >= 4 is 5.69 Å². The van der Waals surface area contributed by atoms with E-state index in [-0.39, 0.29) is 0 Å². The Hall–Kier alpha value is -1.05. The first-order valence-corrected chi connectivity index (χ1v) is 6.83. The number of pyridine rings is 1. The summed E-state index contributed by atoms with van der Waals surface area (Å²) in [5.74, 6) is 1.70. The molecule has 1 fully saturated rings. The molecule has 0 bridgehead atoms. The Labute approximate surface area is 105 Å². The van der Waals surface area contributed by atoms with Crippen molar-refractivity contribution in [3.8, 4) is 0 Å². The zero-order valence-corrected chi connectivity index (χ0v) is 11.2. The summed E-state index contributed by atoms with van der Waals surface area (Å²) >= 11 is 0. The zero-order chi connectivity index (χ0) is 12.3. The molecular formula is C15H24N2. The fourth-order valence-electron chi connectivity index (χ4n) is 2.83. The molecule has 1 aliphatic rings. The summed E-state index contributed by atoms with van der Waals surface area (Å²) in [6, 6.07) is 2.83. The Morgan fingerprint density at radius 3 is 2.82 bits per heavy atom. The maximum Gasteiger partial charge on any atom is 0.0531 e. The number of hydrogen-bond donors (Lipinski definition) is 1. The molecule has 0 radical (unpaired) electrons. The number of hydrogen-bond acceptors (Lipinski definition) is 2. The minimum Gasteiger partial charge on any atom is -0.381 e. The minimum absolute atomic E-state index is 0.639. The average Bonchev–Trinajstić information content (AvgIpc) is 2.29. The third-order valence-electron chi connectivity index (χ3n) is 3.90. The largest absolute Gasteiger partial charge is 0.381 e. The van der Waals surface area contributed by atoms with Gasteiger partial charge in [0.1, 0.15) is 0 Å². The highest BCUT2D eigenvalue weighted by atomic mass is 14.9.